The van der Waals surface area contributed by atoms with Crippen LogP contribution in [0.2, 0.25) is 0 Å². The number of carbonyl (C=O) groups excluding carboxylic acids is 1. The van der Waals surface area contributed by atoms with Crippen molar-refractivity contribution in [3.05, 3.63) is 52.0 Å². The van der Waals surface area contributed by atoms with Gasteiger partial charge >= 0.3 is 6.09 Å². The highest BCUT2D eigenvalue weighted by Gasteiger charge is 2.37. The Kier molecular flexibility index (Phi) is 5.71. The SMILES string of the molecule is COc1cccc2c1Oc1cc(Br)ccc1C2C1CCN(C(=O)OC(C)(C)C)CC1. The maximum atomic E-state index is 12.5. The van der Waals surface area contributed by atoms with Crippen LogP contribution < -0.4 is 9.47 Å². The molecule has 1 saturated heterocycles. The lowest BCUT2D eigenvalue weighted by Crippen LogP contribution is -2.42. The van der Waals surface area contributed by atoms with Crippen LogP contribution in [0.1, 0.15) is 50.7 Å². The molecule has 160 valence electrons. The molecule has 0 spiro atoms. The van der Waals surface area contributed by atoms with E-state index in [4.69, 9.17) is 14.2 Å². The van der Waals surface area contributed by atoms with E-state index in [1.807, 2.05) is 43.9 Å². The van der Waals surface area contributed by atoms with Gasteiger partial charge in [-0.15, -0.1) is 0 Å². The molecule has 0 saturated carbocycles. The molecule has 2 heterocycles. The largest absolute Gasteiger partial charge is 0.493 e. The van der Waals surface area contributed by atoms with E-state index in [0.717, 1.165) is 40.1 Å². The number of fused-ring (bicyclic) bond motifs is 2. The summed E-state index contributed by atoms with van der Waals surface area (Å²) in [7, 11) is 1.67. The molecule has 2 aliphatic heterocycles. The number of hydrogen-bond donors (Lipinski definition) is 0. The maximum Gasteiger partial charge on any atom is 0.410 e. The van der Waals surface area contributed by atoms with Crippen LogP contribution in [0, 0.1) is 5.92 Å². The van der Waals surface area contributed by atoms with Gasteiger partial charge in [0.1, 0.15) is 11.4 Å². The zero-order valence-corrected chi connectivity index (χ0v) is 19.5. The van der Waals surface area contributed by atoms with Crippen molar-refractivity contribution in [3.8, 4) is 17.2 Å². The Morgan fingerprint density at radius 2 is 1.87 bits per heavy atom. The van der Waals surface area contributed by atoms with E-state index < -0.39 is 5.60 Å². The number of carbonyl (C=O) groups is 1. The summed E-state index contributed by atoms with van der Waals surface area (Å²) >= 11 is 3.56. The Balaban J connectivity index is 1.61. The fourth-order valence-electron chi connectivity index (χ4n) is 4.43. The number of halogens is 1. The topological polar surface area (TPSA) is 48.0 Å². The van der Waals surface area contributed by atoms with Crippen LogP contribution in [-0.2, 0) is 4.74 Å². The van der Waals surface area contributed by atoms with Crippen LogP contribution in [0.5, 0.6) is 17.2 Å². The number of benzene rings is 2. The lowest BCUT2D eigenvalue weighted by Gasteiger charge is -2.39. The molecule has 2 aromatic rings. The molecule has 4 rings (SSSR count). The highest BCUT2D eigenvalue weighted by molar-refractivity contribution is 9.10. The van der Waals surface area contributed by atoms with Gasteiger partial charge in [0.25, 0.3) is 0 Å². The van der Waals surface area contributed by atoms with Crippen molar-refractivity contribution in [2.24, 2.45) is 5.92 Å². The average molecular weight is 474 g/mol. The van der Waals surface area contributed by atoms with E-state index in [1.54, 1.807) is 7.11 Å². The Hall–Kier alpha value is -2.21. The van der Waals surface area contributed by atoms with Crippen LogP contribution >= 0.6 is 15.9 Å². The Labute approximate surface area is 186 Å². The zero-order chi connectivity index (χ0) is 21.5. The second kappa shape index (κ2) is 8.14. The average Bonchev–Trinajstić information content (AvgIpc) is 2.70. The molecule has 2 aromatic carbocycles. The minimum absolute atomic E-state index is 0.202. The van der Waals surface area contributed by atoms with Gasteiger partial charge in [0.2, 0.25) is 0 Å². The molecule has 0 aliphatic carbocycles. The maximum absolute atomic E-state index is 12.5. The van der Waals surface area contributed by atoms with Crippen molar-refractivity contribution in [1.29, 1.82) is 0 Å². The number of nitrogens with zero attached hydrogens (tertiary/aromatic N) is 1. The number of ether oxygens (including phenoxy) is 3. The van der Waals surface area contributed by atoms with Crippen LogP contribution in [0.3, 0.4) is 0 Å². The fourth-order valence-corrected chi connectivity index (χ4v) is 4.77. The molecule has 5 nitrogen and oxygen atoms in total. The summed E-state index contributed by atoms with van der Waals surface area (Å²) in [4.78, 5) is 14.3. The molecule has 1 unspecified atom stereocenters. The first-order chi connectivity index (χ1) is 14.3. The lowest BCUT2D eigenvalue weighted by molar-refractivity contribution is 0.0177. The molecule has 0 aromatic heterocycles. The zero-order valence-electron chi connectivity index (χ0n) is 17.9. The van der Waals surface area contributed by atoms with Gasteiger partial charge in [-0.2, -0.15) is 0 Å². The second-order valence-corrected chi connectivity index (χ2v) is 9.86. The van der Waals surface area contributed by atoms with Crippen molar-refractivity contribution in [3.63, 3.8) is 0 Å². The van der Waals surface area contributed by atoms with Crippen molar-refractivity contribution < 1.29 is 19.0 Å². The predicted octanol–water partition coefficient (Wildman–Crippen LogP) is 6.34. The fraction of sp³-hybridized carbons (Fsp3) is 0.458. The van der Waals surface area contributed by atoms with Gasteiger partial charge < -0.3 is 19.1 Å². The molecule has 30 heavy (non-hydrogen) atoms. The van der Waals surface area contributed by atoms with E-state index >= 15 is 0 Å². The number of amides is 1. The van der Waals surface area contributed by atoms with Gasteiger partial charge in [-0.25, -0.2) is 4.79 Å². The molecule has 6 heteroatoms. The third-order valence-corrected chi connectivity index (χ3v) is 6.24. The first-order valence-electron chi connectivity index (χ1n) is 10.4. The van der Waals surface area contributed by atoms with Gasteiger partial charge in [-0.05, 0) is 57.7 Å². The van der Waals surface area contributed by atoms with Crippen LogP contribution in [0.25, 0.3) is 0 Å². The summed E-state index contributed by atoms with van der Waals surface area (Å²) in [6.07, 6.45) is 1.60. The monoisotopic (exact) mass is 473 g/mol. The van der Waals surface area contributed by atoms with Gasteiger partial charge in [-0.3, -0.25) is 0 Å². The normalized spacial score (nSPS) is 18.8. The van der Waals surface area contributed by atoms with Crippen molar-refractivity contribution in [1.82, 2.24) is 4.90 Å². The quantitative estimate of drug-likeness (QED) is 0.510. The highest BCUT2D eigenvalue weighted by Crippen LogP contribution is 2.53. The van der Waals surface area contributed by atoms with Crippen molar-refractivity contribution in [2.75, 3.05) is 20.2 Å². The summed E-state index contributed by atoms with van der Waals surface area (Å²) in [5, 5.41) is 0. The van der Waals surface area contributed by atoms with Crippen LogP contribution in [-0.4, -0.2) is 36.8 Å². The predicted molar refractivity (Wildman–Crippen MR) is 120 cm³/mol. The van der Waals surface area contributed by atoms with E-state index in [1.165, 1.54) is 5.56 Å². The first kappa shape index (κ1) is 21.0. The summed E-state index contributed by atoms with van der Waals surface area (Å²) in [6.45, 7) is 7.10. The molecule has 0 radical (unpaired) electrons. The van der Waals surface area contributed by atoms with Crippen molar-refractivity contribution >= 4 is 22.0 Å². The van der Waals surface area contributed by atoms with Gasteiger partial charge in [0.05, 0.1) is 7.11 Å². The minimum atomic E-state index is -0.476. The number of likely N-dealkylation sites (tertiary alicyclic amines) is 1. The molecular weight excluding hydrogens is 446 g/mol. The van der Waals surface area contributed by atoms with E-state index in [0.29, 0.717) is 19.0 Å². The molecule has 1 amide bonds. The molecule has 1 fully saturated rings. The Morgan fingerprint density at radius 3 is 2.53 bits per heavy atom. The number of hydrogen-bond acceptors (Lipinski definition) is 4. The van der Waals surface area contributed by atoms with E-state index in [2.05, 4.69) is 34.1 Å². The minimum Gasteiger partial charge on any atom is -0.493 e. The van der Waals surface area contributed by atoms with E-state index in [9.17, 15) is 4.79 Å². The summed E-state index contributed by atoms with van der Waals surface area (Å²) in [5.41, 5.74) is 1.87. The first-order valence-corrected chi connectivity index (χ1v) is 11.2. The lowest BCUT2D eigenvalue weighted by atomic mass is 9.74. The summed E-state index contributed by atoms with van der Waals surface area (Å²) in [6, 6.07) is 12.3. The van der Waals surface area contributed by atoms with Crippen LogP contribution in [0.4, 0.5) is 4.79 Å². The molecule has 0 bridgehead atoms. The van der Waals surface area contributed by atoms with Crippen LogP contribution in [0.15, 0.2) is 40.9 Å². The molecule has 2 aliphatic rings. The van der Waals surface area contributed by atoms with Gasteiger partial charge in [0, 0.05) is 34.6 Å². The molecule has 1 atom stereocenters. The van der Waals surface area contributed by atoms with E-state index in [-0.39, 0.29) is 12.0 Å². The highest BCUT2D eigenvalue weighted by atomic mass is 79.9. The van der Waals surface area contributed by atoms with Gasteiger partial charge in [-0.1, -0.05) is 34.1 Å². The number of methoxy groups -OCH3 is 1. The third kappa shape index (κ3) is 4.15. The Morgan fingerprint density at radius 1 is 1.13 bits per heavy atom. The smallest absolute Gasteiger partial charge is 0.410 e. The summed E-state index contributed by atoms with van der Waals surface area (Å²) < 4.78 is 18.4. The third-order valence-electron chi connectivity index (χ3n) is 5.75. The number of piperidine rings is 1. The Bertz CT molecular complexity index is 945. The number of rotatable bonds is 2. The molecular formula is C24H28BrNO4. The van der Waals surface area contributed by atoms with Gasteiger partial charge in [0.15, 0.2) is 11.5 Å². The summed E-state index contributed by atoms with van der Waals surface area (Å²) in [5.74, 6) is 3.01. The standard InChI is InChI=1S/C24H28BrNO4/c1-24(2,3)30-23(27)26-12-10-15(11-13-26)21-17-9-8-16(25)14-20(17)29-22-18(21)6-5-7-19(22)28-4/h5-9,14-15,21H,10-13H2,1-4H3. The number of para-hydroxylation sites is 1. The molecule has 0 N–H and O–H groups in total. The second-order valence-electron chi connectivity index (χ2n) is 8.95. The van der Waals surface area contributed by atoms with Crippen molar-refractivity contribution in [2.45, 2.75) is 45.1 Å².